The average molecular weight is 255 g/mol. The molecule has 0 spiro atoms. The number of hydrogen-bond donors (Lipinski definition) is 2. The summed E-state index contributed by atoms with van der Waals surface area (Å²) in [6.45, 7) is 3.68. The van der Waals surface area contributed by atoms with Crippen LogP contribution in [0.5, 0.6) is 0 Å². The lowest BCUT2D eigenvalue weighted by molar-refractivity contribution is -0.122. The van der Waals surface area contributed by atoms with Crippen LogP contribution >= 0.6 is 11.3 Å². The van der Waals surface area contributed by atoms with Gasteiger partial charge in [-0.3, -0.25) is 9.69 Å². The van der Waals surface area contributed by atoms with E-state index < -0.39 is 0 Å². The molecule has 3 N–H and O–H groups in total. The van der Waals surface area contributed by atoms with E-state index >= 15 is 0 Å². The first-order valence-corrected chi connectivity index (χ1v) is 6.82. The van der Waals surface area contributed by atoms with E-state index in [0.29, 0.717) is 13.1 Å². The van der Waals surface area contributed by atoms with Crippen LogP contribution in [0.2, 0.25) is 0 Å². The summed E-state index contributed by atoms with van der Waals surface area (Å²) < 4.78 is 0. The van der Waals surface area contributed by atoms with Gasteiger partial charge in [0.25, 0.3) is 0 Å². The van der Waals surface area contributed by atoms with Crippen molar-refractivity contribution in [3.63, 3.8) is 0 Å². The highest BCUT2D eigenvalue weighted by Gasteiger charge is 2.17. The Labute approximate surface area is 107 Å². The monoisotopic (exact) mass is 255 g/mol. The lowest BCUT2D eigenvalue weighted by atomic mass is 10.1. The Kier molecular flexibility index (Phi) is 6.18. The second-order valence-corrected chi connectivity index (χ2v) is 4.85. The van der Waals surface area contributed by atoms with Gasteiger partial charge in [-0.15, -0.1) is 0 Å². The lowest BCUT2D eigenvalue weighted by Crippen LogP contribution is -2.39. The normalized spacial score (nSPS) is 12.7. The zero-order chi connectivity index (χ0) is 12.7. The number of nitrogens with one attached hydrogen (secondary N) is 1. The Morgan fingerprint density at radius 3 is 2.94 bits per heavy atom. The first-order valence-electron chi connectivity index (χ1n) is 5.88. The van der Waals surface area contributed by atoms with Crippen molar-refractivity contribution in [2.45, 2.75) is 19.4 Å². The van der Waals surface area contributed by atoms with E-state index in [1.165, 1.54) is 5.56 Å². The van der Waals surface area contributed by atoms with E-state index in [0.717, 1.165) is 13.0 Å². The number of carbonyl (C=O) groups excluding carboxylic acids is 1. The molecule has 1 aromatic rings. The molecule has 0 saturated heterocycles. The highest BCUT2D eigenvalue weighted by molar-refractivity contribution is 7.07. The Morgan fingerprint density at radius 1 is 1.65 bits per heavy atom. The third kappa shape index (κ3) is 4.46. The quantitative estimate of drug-likeness (QED) is 0.770. The summed E-state index contributed by atoms with van der Waals surface area (Å²) in [5, 5.41) is 6.98. The number of rotatable bonds is 7. The minimum atomic E-state index is 0.0584. The molecule has 4 nitrogen and oxygen atoms in total. The molecule has 17 heavy (non-hydrogen) atoms. The van der Waals surface area contributed by atoms with Gasteiger partial charge < -0.3 is 11.1 Å². The second-order valence-electron chi connectivity index (χ2n) is 4.07. The van der Waals surface area contributed by atoms with Crippen LogP contribution in [0.25, 0.3) is 0 Å². The van der Waals surface area contributed by atoms with E-state index in [4.69, 9.17) is 5.73 Å². The predicted molar refractivity (Wildman–Crippen MR) is 72.0 cm³/mol. The predicted octanol–water partition coefficient (Wildman–Crippen LogP) is 1.21. The third-order valence-corrected chi connectivity index (χ3v) is 3.35. The van der Waals surface area contributed by atoms with Gasteiger partial charge in [0, 0.05) is 19.1 Å². The molecule has 96 valence electrons. The smallest absolute Gasteiger partial charge is 0.234 e. The summed E-state index contributed by atoms with van der Waals surface area (Å²) in [5.41, 5.74) is 6.96. The highest BCUT2D eigenvalue weighted by Crippen LogP contribution is 2.20. The summed E-state index contributed by atoms with van der Waals surface area (Å²) >= 11 is 1.65. The van der Waals surface area contributed by atoms with E-state index in [1.807, 2.05) is 24.3 Å². The standard InChI is InChI=1S/C12H21N3OS/c1-3-5-14-12(16)8-15(2)11(7-13)10-4-6-17-9-10/h4,6,9,11H,3,5,7-8,13H2,1-2H3,(H,14,16). The molecular formula is C12H21N3OS. The maximum absolute atomic E-state index is 11.6. The molecule has 1 rings (SSSR count). The first-order chi connectivity index (χ1) is 8.19. The van der Waals surface area contributed by atoms with E-state index in [2.05, 4.69) is 16.8 Å². The molecule has 1 atom stereocenters. The fraction of sp³-hybridized carbons (Fsp3) is 0.583. The van der Waals surface area contributed by atoms with Gasteiger partial charge in [0.1, 0.15) is 0 Å². The van der Waals surface area contributed by atoms with Crippen LogP contribution in [-0.4, -0.2) is 37.5 Å². The minimum Gasteiger partial charge on any atom is -0.355 e. The SMILES string of the molecule is CCCNC(=O)CN(C)C(CN)c1ccsc1. The van der Waals surface area contributed by atoms with Crippen molar-refractivity contribution < 1.29 is 4.79 Å². The van der Waals surface area contributed by atoms with Gasteiger partial charge in [0.15, 0.2) is 0 Å². The van der Waals surface area contributed by atoms with Crippen LogP contribution in [0.1, 0.15) is 24.9 Å². The molecule has 0 fully saturated rings. The first kappa shape index (κ1) is 14.2. The summed E-state index contributed by atoms with van der Waals surface area (Å²) in [6.07, 6.45) is 0.959. The highest BCUT2D eigenvalue weighted by atomic mass is 32.1. The molecule has 0 aliphatic carbocycles. The maximum Gasteiger partial charge on any atom is 0.234 e. The van der Waals surface area contributed by atoms with Crippen molar-refractivity contribution >= 4 is 17.2 Å². The number of nitrogens with zero attached hydrogens (tertiary/aromatic N) is 1. The number of carbonyl (C=O) groups is 1. The summed E-state index contributed by atoms with van der Waals surface area (Å²) in [7, 11) is 1.93. The van der Waals surface area contributed by atoms with Crippen molar-refractivity contribution in [3.8, 4) is 0 Å². The van der Waals surface area contributed by atoms with Crippen molar-refractivity contribution in [2.24, 2.45) is 5.73 Å². The average Bonchev–Trinajstić information content (AvgIpc) is 2.81. The zero-order valence-electron chi connectivity index (χ0n) is 10.5. The Hall–Kier alpha value is -0.910. The number of amides is 1. The molecule has 0 aliphatic rings. The van der Waals surface area contributed by atoms with Gasteiger partial charge >= 0.3 is 0 Å². The zero-order valence-corrected chi connectivity index (χ0v) is 11.3. The van der Waals surface area contributed by atoms with Gasteiger partial charge in [0.05, 0.1) is 6.54 Å². The van der Waals surface area contributed by atoms with Gasteiger partial charge in [-0.2, -0.15) is 11.3 Å². The maximum atomic E-state index is 11.6. The summed E-state index contributed by atoms with van der Waals surface area (Å²) in [5.74, 6) is 0.0584. The number of nitrogens with two attached hydrogens (primary N) is 1. The number of hydrogen-bond acceptors (Lipinski definition) is 4. The Balaban J connectivity index is 2.50. The molecule has 0 bridgehead atoms. The fourth-order valence-corrected chi connectivity index (χ4v) is 2.40. The third-order valence-electron chi connectivity index (χ3n) is 2.65. The van der Waals surface area contributed by atoms with Crippen LogP contribution in [0.4, 0.5) is 0 Å². The van der Waals surface area contributed by atoms with Crippen molar-refractivity contribution in [3.05, 3.63) is 22.4 Å². The molecule has 1 unspecified atom stereocenters. The minimum absolute atomic E-state index is 0.0584. The number of thiophene rings is 1. The molecular weight excluding hydrogens is 234 g/mol. The van der Waals surface area contributed by atoms with Crippen molar-refractivity contribution in [2.75, 3.05) is 26.7 Å². The summed E-state index contributed by atoms with van der Waals surface area (Å²) in [4.78, 5) is 13.6. The van der Waals surface area contributed by atoms with E-state index in [1.54, 1.807) is 11.3 Å². The van der Waals surface area contributed by atoms with Crippen molar-refractivity contribution in [1.29, 1.82) is 0 Å². The largest absolute Gasteiger partial charge is 0.355 e. The van der Waals surface area contributed by atoms with Gasteiger partial charge in [-0.1, -0.05) is 6.92 Å². The van der Waals surface area contributed by atoms with Gasteiger partial charge in [-0.05, 0) is 35.9 Å². The molecule has 0 aliphatic heterocycles. The topological polar surface area (TPSA) is 58.4 Å². The van der Waals surface area contributed by atoms with Crippen LogP contribution in [0.3, 0.4) is 0 Å². The van der Waals surface area contributed by atoms with Crippen LogP contribution in [0.15, 0.2) is 16.8 Å². The molecule has 0 aromatic carbocycles. The van der Waals surface area contributed by atoms with Crippen LogP contribution in [0, 0.1) is 0 Å². The summed E-state index contributed by atoms with van der Waals surface area (Å²) in [6, 6.07) is 2.18. The molecule has 5 heteroatoms. The molecule has 1 amide bonds. The van der Waals surface area contributed by atoms with E-state index in [9.17, 15) is 4.79 Å². The molecule has 1 aromatic heterocycles. The van der Waals surface area contributed by atoms with Gasteiger partial charge in [-0.25, -0.2) is 0 Å². The molecule has 1 heterocycles. The van der Waals surface area contributed by atoms with Crippen LogP contribution in [-0.2, 0) is 4.79 Å². The van der Waals surface area contributed by atoms with Crippen LogP contribution < -0.4 is 11.1 Å². The number of likely N-dealkylation sites (N-methyl/N-ethyl adjacent to an activating group) is 1. The van der Waals surface area contributed by atoms with Gasteiger partial charge in [0.2, 0.25) is 5.91 Å². The Bertz CT molecular complexity index is 327. The lowest BCUT2D eigenvalue weighted by Gasteiger charge is -2.25. The van der Waals surface area contributed by atoms with Crippen molar-refractivity contribution in [1.82, 2.24) is 10.2 Å². The fourth-order valence-electron chi connectivity index (χ4n) is 1.69. The molecule has 0 radical (unpaired) electrons. The Morgan fingerprint density at radius 2 is 2.41 bits per heavy atom. The van der Waals surface area contributed by atoms with E-state index in [-0.39, 0.29) is 11.9 Å². The molecule has 0 saturated carbocycles. The second kappa shape index (κ2) is 7.42.